The first-order valence-electron chi connectivity index (χ1n) is 15.4. The smallest absolute Gasteiger partial charge is 0.331 e. The van der Waals surface area contributed by atoms with Gasteiger partial charge in [0, 0.05) is 43.7 Å². The van der Waals surface area contributed by atoms with Crippen molar-refractivity contribution in [2.24, 2.45) is 0 Å². The molecule has 2 amide bonds. The number of amides is 2. The zero-order chi connectivity index (χ0) is 29.5. The molecule has 0 radical (unpaired) electrons. The molecule has 1 aromatic heterocycles. The number of benzene rings is 2. The quantitative estimate of drug-likeness (QED) is 0.309. The van der Waals surface area contributed by atoms with Crippen molar-refractivity contribution < 1.29 is 9.53 Å². The van der Waals surface area contributed by atoms with Crippen LogP contribution in [0.1, 0.15) is 63.5 Å². The van der Waals surface area contributed by atoms with Gasteiger partial charge in [-0.3, -0.25) is 13.9 Å². The summed E-state index contributed by atoms with van der Waals surface area (Å²) in [6, 6.07) is 13.3. The maximum atomic E-state index is 13.4. The largest absolute Gasteiger partial charge is 0.383 e. The maximum absolute atomic E-state index is 13.4. The number of carbonyl (C=O) groups excluding carboxylic acids is 1. The molecule has 1 atom stereocenters. The van der Waals surface area contributed by atoms with Crippen molar-refractivity contribution in [3.8, 4) is 0 Å². The van der Waals surface area contributed by atoms with Crippen molar-refractivity contribution in [2.75, 3.05) is 44.0 Å². The van der Waals surface area contributed by atoms with E-state index < -0.39 is 6.03 Å². The molecule has 1 aliphatic heterocycles. The average molecular weight is 577 g/mol. The monoisotopic (exact) mass is 576 g/mol. The third kappa shape index (κ3) is 7.29. The molecule has 42 heavy (non-hydrogen) atoms. The molecule has 1 saturated heterocycles. The van der Waals surface area contributed by atoms with Crippen LogP contribution in [0.25, 0.3) is 10.9 Å². The first-order chi connectivity index (χ1) is 20.4. The van der Waals surface area contributed by atoms with Crippen molar-refractivity contribution in [1.82, 2.24) is 19.4 Å². The van der Waals surface area contributed by atoms with E-state index in [9.17, 15) is 14.4 Å². The van der Waals surface area contributed by atoms with Gasteiger partial charge >= 0.3 is 11.7 Å². The maximum Gasteiger partial charge on any atom is 0.331 e. The molecule has 1 saturated carbocycles. The highest BCUT2D eigenvalue weighted by molar-refractivity contribution is 6.01. The van der Waals surface area contributed by atoms with E-state index in [-0.39, 0.29) is 30.4 Å². The van der Waals surface area contributed by atoms with Gasteiger partial charge < -0.3 is 25.6 Å². The zero-order valence-corrected chi connectivity index (χ0v) is 24.9. The van der Waals surface area contributed by atoms with Gasteiger partial charge in [-0.15, -0.1) is 0 Å². The lowest BCUT2D eigenvalue weighted by Gasteiger charge is -2.27. The van der Waals surface area contributed by atoms with Crippen LogP contribution in [0.3, 0.4) is 0 Å². The third-order valence-corrected chi connectivity index (χ3v) is 8.58. The van der Waals surface area contributed by atoms with Crippen LogP contribution in [-0.4, -0.2) is 59.5 Å². The van der Waals surface area contributed by atoms with Crippen molar-refractivity contribution in [1.29, 1.82) is 0 Å². The van der Waals surface area contributed by atoms with Gasteiger partial charge in [-0.05, 0) is 81.6 Å². The number of nitrogens with zero attached hydrogens (tertiary/aromatic N) is 3. The van der Waals surface area contributed by atoms with Crippen LogP contribution in [0, 0.1) is 0 Å². The van der Waals surface area contributed by atoms with Gasteiger partial charge in [-0.1, -0.05) is 31.4 Å². The topological polar surface area (TPSA) is 110 Å². The fourth-order valence-electron chi connectivity index (χ4n) is 6.24. The normalized spacial score (nSPS) is 17.0. The van der Waals surface area contributed by atoms with Gasteiger partial charge in [0.15, 0.2) is 0 Å². The highest BCUT2D eigenvalue weighted by Gasteiger charge is 2.19. The molecule has 5 rings (SSSR count). The predicted octanol–water partition coefficient (Wildman–Crippen LogP) is 4.53. The number of likely N-dealkylation sites (tertiary alicyclic amines) is 1. The first-order valence-corrected chi connectivity index (χ1v) is 15.4. The summed E-state index contributed by atoms with van der Waals surface area (Å²) in [5, 5.41) is 9.86. The summed E-state index contributed by atoms with van der Waals surface area (Å²) < 4.78 is 8.08. The van der Waals surface area contributed by atoms with Gasteiger partial charge in [-0.2, -0.15) is 0 Å². The van der Waals surface area contributed by atoms with Crippen LogP contribution in [0.2, 0.25) is 0 Å². The molecule has 1 unspecified atom stereocenters. The summed E-state index contributed by atoms with van der Waals surface area (Å²) in [6.07, 6.45) is 8.55. The van der Waals surface area contributed by atoms with Crippen LogP contribution in [-0.2, 0) is 17.8 Å². The second-order valence-electron chi connectivity index (χ2n) is 11.6. The molecule has 2 fully saturated rings. The summed E-state index contributed by atoms with van der Waals surface area (Å²) in [6.45, 7) is 5.85. The summed E-state index contributed by atoms with van der Waals surface area (Å²) in [5.74, 6) is 0. The highest BCUT2D eigenvalue weighted by atomic mass is 16.5. The Morgan fingerprint density at radius 1 is 0.905 bits per heavy atom. The number of aromatic nitrogens is 2. The van der Waals surface area contributed by atoms with Gasteiger partial charge in [-0.25, -0.2) is 9.59 Å². The van der Waals surface area contributed by atoms with Gasteiger partial charge in [0.1, 0.15) is 0 Å². The highest BCUT2D eigenvalue weighted by Crippen LogP contribution is 2.24. The number of hydrogen-bond donors (Lipinski definition) is 3. The molecule has 0 spiro atoms. The Balaban J connectivity index is 1.33. The zero-order valence-electron chi connectivity index (χ0n) is 24.9. The van der Waals surface area contributed by atoms with E-state index in [0.29, 0.717) is 34.9 Å². The Labute approximate surface area is 247 Å². The molecule has 226 valence electrons. The SMILES string of the molecule is COCCn1c(=O)c2cc(NC(=O)Nc3cccc(C(C)NC4CCCC4)c3)ccc2n(CCN2CCCCC2)c1=O. The number of methoxy groups -OCH3 is 1. The lowest BCUT2D eigenvalue weighted by atomic mass is 10.1. The number of carbonyl (C=O) groups is 1. The molecule has 0 bridgehead atoms. The Bertz CT molecular complexity index is 1490. The second kappa shape index (κ2) is 14.1. The molecule has 3 aromatic rings. The fraction of sp³-hybridized carbons (Fsp3) is 0.531. The lowest BCUT2D eigenvalue weighted by molar-refractivity contribution is 0.183. The molecular formula is C32H44N6O4. The predicted molar refractivity (Wildman–Crippen MR) is 168 cm³/mol. The molecule has 2 heterocycles. The fourth-order valence-corrected chi connectivity index (χ4v) is 6.24. The number of fused-ring (bicyclic) bond motifs is 1. The molecule has 10 heteroatoms. The standard InChI is InChI=1S/C32H44N6O4/c1-23(33-25-10-4-5-11-25)24-9-8-12-26(21-24)34-31(40)35-27-13-14-29-28(22-27)30(39)38(19-20-42-2)32(41)37(29)18-17-36-15-6-3-7-16-36/h8-9,12-14,21-23,25,33H,3-7,10-11,15-20H2,1-2H3,(H2,34,35,40). The first kappa shape index (κ1) is 30.0. The van der Waals surface area contributed by atoms with Crippen LogP contribution < -0.4 is 27.2 Å². The van der Waals surface area contributed by atoms with E-state index in [1.807, 2.05) is 18.2 Å². The van der Waals surface area contributed by atoms with Crippen LogP contribution in [0.15, 0.2) is 52.1 Å². The number of ether oxygens (including phenoxy) is 1. The summed E-state index contributed by atoms with van der Waals surface area (Å²) in [7, 11) is 1.55. The number of hydrogen-bond acceptors (Lipinski definition) is 6. The summed E-state index contributed by atoms with van der Waals surface area (Å²) in [5.41, 5.74) is 2.13. The van der Waals surface area contributed by atoms with Gasteiger partial charge in [0.05, 0.1) is 24.1 Å². The Hall–Kier alpha value is -3.47. The van der Waals surface area contributed by atoms with E-state index in [1.165, 1.54) is 49.5 Å². The lowest BCUT2D eigenvalue weighted by Crippen LogP contribution is -2.43. The van der Waals surface area contributed by atoms with Crippen LogP contribution >= 0.6 is 0 Å². The molecule has 1 aliphatic carbocycles. The van der Waals surface area contributed by atoms with E-state index >= 15 is 0 Å². The molecule has 10 nitrogen and oxygen atoms in total. The number of rotatable bonds is 11. The van der Waals surface area contributed by atoms with Crippen molar-refractivity contribution in [2.45, 2.75) is 77.0 Å². The van der Waals surface area contributed by atoms with Crippen molar-refractivity contribution in [3.63, 3.8) is 0 Å². The minimum atomic E-state index is -0.402. The Morgan fingerprint density at radius 2 is 1.64 bits per heavy atom. The van der Waals surface area contributed by atoms with Crippen molar-refractivity contribution in [3.05, 3.63) is 68.9 Å². The Kier molecular flexibility index (Phi) is 10.1. The number of piperidine rings is 1. The summed E-state index contributed by atoms with van der Waals surface area (Å²) in [4.78, 5) is 42.1. The number of nitrogens with one attached hydrogen (secondary N) is 3. The third-order valence-electron chi connectivity index (χ3n) is 8.58. The number of anilines is 2. The van der Waals surface area contributed by atoms with E-state index in [0.717, 1.165) is 25.2 Å². The second-order valence-corrected chi connectivity index (χ2v) is 11.6. The van der Waals surface area contributed by atoms with Crippen LogP contribution in [0.5, 0.6) is 0 Å². The van der Waals surface area contributed by atoms with E-state index in [1.54, 1.807) is 29.9 Å². The molecular weight excluding hydrogens is 532 g/mol. The molecule has 3 N–H and O–H groups in total. The van der Waals surface area contributed by atoms with Crippen LogP contribution in [0.4, 0.5) is 16.2 Å². The number of urea groups is 1. The summed E-state index contributed by atoms with van der Waals surface area (Å²) >= 11 is 0. The van der Waals surface area contributed by atoms with Gasteiger partial charge in [0.25, 0.3) is 5.56 Å². The Morgan fingerprint density at radius 3 is 2.38 bits per heavy atom. The van der Waals surface area contributed by atoms with E-state index in [4.69, 9.17) is 4.74 Å². The molecule has 2 aromatic carbocycles. The average Bonchev–Trinajstić information content (AvgIpc) is 3.51. The minimum absolute atomic E-state index is 0.163. The minimum Gasteiger partial charge on any atom is -0.383 e. The van der Waals surface area contributed by atoms with Gasteiger partial charge in [0.2, 0.25) is 0 Å². The molecule has 2 aliphatic rings. The van der Waals surface area contributed by atoms with E-state index in [2.05, 4.69) is 33.8 Å². The van der Waals surface area contributed by atoms with Crippen molar-refractivity contribution >= 4 is 28.3 Å².